The highest BCUT2D eigenvalue weighted by Gasteiger charge is 2.34. The molecule has 0 aromatic carbocycles. The van der Waals surface area contributed by atoms with Crippen LogP contribution in [-0.2, 0) is 9.53 Å². The number of rotatable bonds is 5. The van der Waals surface area contributed by atoms with Crippen molar-refractivity contribution in [3.05, 3.63) is 0 Å². The maximum atomic E-state index is 11.1. The molecule has 0 bridgehead atoms. The molecule has 0 atom stereocenters. The van der Waals surface area contributed by atoms with Crippen molar-refractivity contribution >= 4 is 5.91 Å². The third kappa shape index (κ3) is 3.32. The van der Waals surface area contributed by atoms with Crippen LogP contribution in [0.1, 0.15) is 25.7 Å². The number of carbonyl (C=O) groups excluding carboxylic acids is 1. The summed E-state index contributed by atoms with van der Waals surface area (Å²) >= 11 is 0. The average molecular weight is 187 g/mol. The molecule has 2 N–H and O–H groups in total. The van der Waals surface area contributed by atoms with Crippen molar-refractivity contribution < 1.29 is 14.6 Å². The predicted molar refractivity (Wildman–Crippen MR) is 48.3 cm³/mol. The Morgan fingerprint density at radius 3 is 2.77 bits per heavy atom. The van der Waals surface area contributed by atoms with Gasteiger partial charge in [-0.05, 0) is 19.3 Å². The molecule has 1 amide bonds. The standard InChI is InChI=1S/C9H17NO3/c1-13-6-3-8(11)10-7-9(12)4-2-5-9/h12H,2-7H2,1H3,(H,10,11). The van der Waals surface area contributed by atoms with Crippen molar-refractivity contribution in [2.75, 3.05) is 20.3 Å². The van der Waals surface area contributed by atoms with Crippen LogP contribution in [0, 0.1) is 0 Å². The second-order valence-electron chi connectivity index (χ2n) is 3.60. The zero-order chi connectivity index (χ0) is 9.73. The molecule has 0 aliphatic heterocycles. The lowest BCUT2D eigenvalue weighted by molar-refractivity contribution is -0.124. The molecule has 76 valence electrons. The summed E-state index contributed by atoms with van der Waals surface area (Å²) in [5.41, 5.74) is -0.622. The maximum absolute atomic E-state index is 11.1. The summed E-state index contributed by atoms with van der Waals surface area (Å²) < 4.78 is 4.76. The van der Waals surface area contributed by atoms with Gasteiger partial charge in [-0.1, -0.05) is 0 Å². The van der Waals surface area contributed by atoms with Crippen molar-refractivity contribution in [2.45, 2.75) is 31.3 Å². The Labute approximate surface area is 78.3 Å². The molecule has 4 nitrogen and oxygen atoms in total. The van der Waals surface area contributed by atoms with Gasteiger partial charge in [0.25, 0.3) is 0 Å². The molecule has 0 spiro atoms. The van der Waals surface area contributed by atoms with E-state index in [1.165, 1.54) is 0 Å². The lowest BCUT2D eigenvalue weighted by Crippen LogP contribution is -2.47. The minimum absolute atomic E-state index is 0.0535. The van der Waals surface area contributed by atoms with E-state index in [0.29, 0.717) is 19.6 Å². The lowest BCUT2D eigenvalue weighted by atomic mass is 9.80. The Morgan fingerprint density at radius 2 is 2.31 bits per heavy atom. The highest BCUT2D eigenvalue weighted by molar-refractivity contribution is 5.76. The van der Waals surface area contributed by atoms with Crippen LogP contribution in [0.5, 0.6) is 0 Å². The van der Waals surface area contributed by atoms with Gasteiger partial charge in [-0.2, -0.15) is 0 Å². The third-order valence-corrected chi connectivity index (χ3v) is 2.43. The predicted octanol–water partition coefficient (Wildman–Crippen LogP) is 0.0541. The van der Waals surface area contributed by atoms with Crippen molar-refractivity contribution in [3.63, 3.8) is 0 Å². The van der Waals surface area contributed by atoms with E-state index in [2.05, 4.69) is 5.32 Å². The van der Waals surface area contributed by atoms with E-state index in [4.69, 9.17) is 4.74 Å². The first kappa shape index (κ1) is 10.5. The van der Waals surface area contributed by atoms with E-state index >= 15 is 0 Å². The second-order valence-corrected chi connectivity index (χ2v) is 3.60. The number of aliphatic hydroxyl groups is 1. The highest BCUT2D eigenvalue weighted by Crippen LogP contribution is 2.30. The summed E-state index contributed by atoms with van der Waals surface area (Å²) in [5, 5.41) is 12.3. The van der Waals surface area contributed by atoms with Gasteiger partial charge in [-0.15, -0.1) is 0 Å². The van der Waals surface area contributed by atoms with Gasteiger partial charge in [-0.3, -0.25) is 4.79 Å². The molecule has 1 aliphatic carbocycles. The molecule has 0 heterocycles. The van der Waals surface area contributed by atoms with Crippen LogP contribution >= 0.6 is 0 Å². The molecule has 1 aliphatic rings. The SMILES string of the molecule is COCCC(=O)NCC1(O)CCC1. The van der Waals surface area contributed by atoms with E-state index < -0.39 is 5.60 Å². The van der Waals surface area contributed by atoms with Gasteiger partial charge in [0.05, 0.1) is 12.2 Å². The first-order chi connectivity index (χ1) is 6.16. The number of nitrogens with one attached hydrogen (secondary N) is 1. The Balaban J connectivity index is 2.07. The van der Waals surface area contributed by atoms with E-state index in [0.717, 1.165) is 19.3 Å². The summed E-state index contributed by atoms with van der Waals surface area (Å²) in [6.07, 6.45) is 3.03. The van der Waals surface area contributed by atoms with Gasteiger partial charge in [0.2, 0.25) is 5.91 Å². The minimum atomic E-state index is -0.622. The maximum Gasteiger partial charge on any atom is 0.222 e. The molecule has 0 radical (unpaired) electrons. The monoisotopic (exact) mass is 187 g/mol. The summed E-state index contributed by atoms with van der Waals surface area (Å²) in [6, 6.07) is 0. The molecule has 1 fully saturated rings. The van der Waals surface area contributed by atoms with Gasteiger partial charge in [0.15, 0.2) is 0 Å². The zero-order valence-corrected chi connectivity index (χ0v) is 8.01. The number of amides is 1. The number of hydrogen-bond acceptors (Lipinski definition) is 3. The van der Waals surface area contributed by atoms with Gasteiger partial charge >= 0.3 is 0 Å². The molecule has 4 heteroatoms. The summed E-state index contributed by atoms with van der Waals surface area (Å²) in [6.45, 7) is 0.819. The number of methoxy groups -OCH3 is 1. The molecule has 13 heavy (non-hydrogen) atoms. The molecular weight excluding hydrogens is 170 g/mol. The summed E-state index contributed by atoms with van der Waals surface area (Å²) in [5.74, 6) is -0.0535. The van der Waals surface area contributed by atoms with Crippen LogP contribution in [0.4, 0.5) is 0 Å². The first-order valence-electron chi connectivity index (χ1n) is 4.64. The number of hydrogen-bond donors (Lipinski definition) is 2. The highest BCUT2D eigenvalue weighted by atomic mass is 16.5. The Morgan fingerprint density at radius 1 is 1.62 bits per heavy atom. The van der Waals surface area contributed by atoms with Crippen molar-refractivity contribution in [3.8, 4) is 0 Å². The average Bonchev–Trinajstić information content (AvgIpc) is 2.08. The van der Waals surface area contributed by atoms with Crippen molar-refractivity contribution in [1.29, 1.82) is 0 Å². The second kappa shape index (κ2) is 4.58. The van der Waals surface area contributed by atoms with Crippen LogP contribution in [0.3, 0.4) is 0 Å². The molecule has 1 saturated carbocycles. The fourth-order valence-corrected chi connectivity index (χ4v) is 1.31. The summed E-state index contributed by atoms with van der Waals surface area (Å²) in [4.78, 5) is 11.1. The van der Waals surface area contributed by atoms with Crippen molar-refractivity contribution in [2.24, 2.45) is 0 Å². The van der Waals surface area contributed by atoms with Crippen LogP contribution in [0.2, 0.25) is 0 Å². The van der Waals surface area contributed by atoms with Crippen LogP contribution in [0.25, 0.3) is 0 Å². The molecule has 0 saturated heterocycles. The third-order valence-electron chi connectivity index (χ3n) is 2.43. The largest absolute Gasteiger partial charge is 0.388 e. The molecule has 0 unspecified atom stereocenters. The normalized spacial score (nSPS) is 19.2. The van der Waals surface area contributed by atoms with E-state index in [-0.39, 0.29) is 5.91 Å². The topological polar surface area (TPSA) is 58.6 Å². The van der Waals surface area contributed by atoms with Gasteiger partial charge < -0.3 is 15.2 Å². The Kier molecular flexibility index (Phi) is 3.69. The van der Waals surface area contributed by atoms with Gasteiger partial charge in [0, 0.05) is 20.1 Å². The smallest absolute Gasteiger partial charge is 0.222 e. The number of ether oxygens (including phenoxy) is 1. The van der Waals surface area contributed by atoms with Gasteiger partial charge in [-0.25, -0.2) is 0 Å². The molecule has 1 rings (SSSR count). The van der Waals surface area contributed by atoms with E-state index in [1.54, 1.807) is 7.11 Å². The quantitative estimate of drug-likeness (QED) is 0.639. The number of carbonyl (C=O) groups is 1. The lowest BCUT2D eigenvalue weighted by Gasteiger charge is -2.36. The fraction of sp³-hybridized carbons (Fsp3) is 0.889. The first-order valence-corrected chi connectivity index (χ1v) is 4.64. The zero-order valence-electron chi connectivity index (χ0n) is 8.01. The fourth-order valence-electron chi connectivity index (χ4n) is 1.31. The van der Waals surface area contributed by atoms with E-state index in [9.17, 15) is 9.90 Å². The van der Waals surface area contributed by atoms with E-state index in [1.807, 2.05) is 0 Å². The Hall–Kier alpha value is -0.610. The van der Waals surface area contributed by atoms with Crippen LogP contribution in [0.15, 0.2) is 0 Å². The van der Waals surface area contributed by atoms with Crippen molar-refractivity contribution in [1.82, 2.24) is 5.32 Å². The summed E-state index contributed by atoms with van der Waals surface area (Å²) in [7, 11) is 1.56. The molecule has 0 aromatic heterocycles. The van der Waals surface area contributed by atoms with Gasteiger partial charge in [0.1, 0.15) is 0 Å². The van der Waals surface area contributed by atoms with Crippen LogP contribution < -0.4 is 5.32 Å². The molecule has 0 aromatic rings. The minimum Gasteiger partial charge on any atom is -0.388 e. The molecular formula is C9H17NO3. The van der Waals surface area contributed by atoms with Crippen LogP contribution in [-0.4, -0.2) is 36.9 Å². The Bertz CT molecular complexity index is 178.